The Bertz CT molecular complexity index is 1050. The second kappa shape index (κ2) is 9.92. The Hall–Kier alpha value is -1.24. The van der Waals surface area contributed by atoms with E-state index in [1.54, 1.807) is 0 Å². The molecule has 2 N–H and O–H groups in total. The second-order valence-corrected chi connectivity index (χ2v) is 10.6. The van der Waals surface area contributed by atoms with Crippen LogP contribution in [0, 0.1) is 0 Å². The first-order valence-electron chi connectivity index (χ1n) is 8.80. The van der Waals surface area contributed by atoms with Gasteiger partial charge in [-0.2, -0.15) is 13.8 Å². The smallest absolute Gasteiger partial charge is 0.404 e. The molecule has 0 radical (unpaired) electrons. The maximum absolute atomic E-state index is 15.1. The molecule has 1 aromatic carbocycles. The van der Waals surface area contributed by atoms with Gasteiger partial charge in [0.15, 0.2) is 0 Å². The molecule has 168 valence electrons. The number of fused-ring (bicyclic) bond motifs is 1. The number of aromatic nitrogens is 2. The zero-order chi connectivity index (χ0) is 22.6. The van der Waals surface area contributed by atoms with Gasteiger partial charge < -0.3 is 13.8 Å². The molecule has 0 unspecified atom stereocenters. The number of hydrogen-bond donors (Lipinski definition) is 1. The third-order valence-corrected chi connectivity index (χ3v) is 7.36. The Morgan fingerprint density at radius 3 is 2.43 bits per heavy atom. The van der Waals surface area contributed by atoms with Crippen LogP contribution in [-0.2, 0) is 29.3 Å². The van der Waals surface area contributed by atoms with Gasteiger partial charge in [-0.1, -0.05) is 15.9 Å². The van der Waals surface area contributed by atoms with E-state index in [4.69, 9.17) is 18.9 Å². The molecule has 9 nitrogen and oxygen atoms in total. The lowest BCUT2D eigenvalue weighted by molar-refractivity contribution is 0.0355. The molecule has 0 amide bonds. The van der Waals surface area contributed by atoms with E-state index in [-0.39, 0.29) is 48.0 Å². The highest BCUT2D eigenvalue weighted by Gasteiger charge is 2.55. The highest BCUT2D eigenvalue weighted by molar-refractivity contribution is 9.10. The van der Waals surface area contributed by atoms with E-state index in [1.165, 1.54) is 26.1 Å². The maximum Gasteiger partial charge on any atom is 0.404 e. The van der Waals surface area contributed by atoms with Crippen LogP contribution in [0.1, 0.15) is 25.8 Å². The van der Waals surface area contributed by atoms with Gasteiger partial charge in [0.25, 0.3) is 0 Å². The molecule has 0 atom stereocenters. The molecule has 2 aromatic rings. The normalized spacial score (nSPS) is 13.0. The molecular weight excluding hydrogens is 511 g/mol. The van der Waals surface area contributed by atoms with E-state index >= 15 is 8.78 Å². The van der Waals surface area contributed by atoms with E-state index in [2.05, 4.69) is 25.9 Å². The van der Waals surface area contributed by atoms with Crippen LogP contribution in [0.5, 0.6) is 6.01 Å². The minimum absolute atomic E-state index is 0.0231. The highest BCUT2D eigenvalue weighted by atomic mass is 79.9. The van der Waals surface area contributed by atoms with Gasteiger partial charge in [0.2, 0.25) is 10.0 Å². The van der Waals surface area contributed by atoms with Crippen molar-refractivity contribution in [2.45, 2.75) is 25.9 Å². The molecule has 0 aliphatic heterocycles. The van der Waals surface area contributed by atoms with Crippen LogP contribution >= 0.6 is 23.5 Å². The lowest BCUT2D eigenvalue weighted by atomic mass is 10.1. The molecule has 0 aliphatic carbocycles. The van der Waals surface area contributed by atoms with Crippen LogP contribution in [0.2, 0.25) is 0 Å². The van der Waals surface area contributed by atoms with Gasteiger partial charge in [-0.3, -0.25) is 4.57 Å². The van der Waals surface area contributed by atoms with Crippen molar-refractivity contribution in [1.82, 2.24) is 9.97 Å². The quantitative estimate of drug-likeness (QED) is 0.342. The number of benzene rings is 1. The number of hydrogen-bond acceptors (Lipinski definition) is 8. The summed E-state index contributed by atoms with van der Waals surface area (Å²) in [4.78, 5) is 8.01. The Morgan fingerprint density at radius 1 is 1.23 bits per heavy atom. The summed E-state index contributed by atoms with van der Waals surface area (Å²) < 4.78 is 79.7. The predicted molar refractivity (Wildman–Crippen MR) is 110 cm³/mol. The molecule has 0 aliphatic rings. The topological polar surface area (TPSA) is 131 Å². The Labute approximate surface area is 181 Å². The van der Waals surface area contributed by atoms with E-state index in [0.717, 1.165) is 6.07 Å². The molecule has 2 rings (SSSR count). The fraction of sp³-hybridized carbons (Fsp3) is 0.500. The number of alkyl halides is 2. The first kappa shape index (κ1) is 25.0. The molecule has 1 aromatic heterocycles. The zero-order valence-electron chi connectivity index (χ0n) is 16.2. The largest absolute Gasteiger partial charge is 0.463 e. The van der Waals surface area contributed by atoms with Crippen LogP contribution in [-0.4, -0.2) is 44.0 Å². The molecule has 0 saturated carbocycles. The van der Waals surface area contributed by atoms with Crippen molar-refractivity contribution in [3.05, 3.63) is 28.4 Å². The Kier molecular flexibility index (Phi) is 8.28. The van der Waals surface area contributed by atoms with Crippen molar-refractivity contribution in [3.63, 3.8) is 0 Å². The minimum Gasteiger partial charge on any atom is -0.463 e. The van der Waals surface area contributed by atoms with Crippen LogP contribution in [0.15, 0.2) is 22.8 Å². The average molecular weight is 532 g/mol. The Morgan fingerprint density at radius 2 is 1.87 bits per heavy atom. The first-order chi connectivity index (χ1) is 13.9. The van der Waals surface area contributed by atoms with E-state index in [9.17, 15) is 13.0 Å². The SMILES string of the molecule is CCOP(=O)(OCC)C(F)(F)c1cc2nc(OCCCS(N)(=O)=O)ncc2cc1Br. The van der Waals surface area contributed by atoms with E-state index < -0.39 is 28.8 Å². The molecule has 0 saturated heterocycles. The summed E-state index contributed by atoms with van der Waals surface area (Å²) >= 11 is 3.07. The number of primary sulfonamides is 1. The monoisotopic (exact) mass is 531 g/mol. The molecule has 0 spiro atoms. The van der Waals surface area contributed by atoms with Crippen molar-refractivity contribution < 1.29 is 35.5 Å². The third-order valence-electron chi connectivity index (χ3n) is 3.72. The molecule has 14 heteroatoms. The van der Waals surface area contributed by atoms with Gasteiger partial charge in [0.05, 0.1) is 31.1 Å². The zero-order valence-corrected chi connectivity index (χ0v) is 19.5. The maximum atomic E-state index is 15.1. The van der Waals surface area contributed by atoms with Crippen LogP contribution in [0.3, 0.4) is 0 Å². The van der Waals surface area contributed by atoms with Gasteiger partial charge >= 0.3 is 19.3 Å². The number of sulfonamides is 1. The molecule has 30 heavy (non-hydrogen) atoms. The number of nitrogens with zero attached hydrogens (tertiary/aromatic N) is 2. The van der Waals surface area contributed by atoms with Crippen molar-refractivity contribution in [3.8, 4) is 6.01 Å². The molecular formula is C16H21BrF2N3O6PS. The minimum atomic E-state index is -4.81. The fourth-order valence-electron chi connectivity index (χ4n) is 2.44. The van der Waals surface area contributed by atoms with Crippen LogP contribution in [0.25, 0.3) is 10.9 Å². The van der Waals surface area contributed by atoms with Gasteiger partial charge in [-0.05, 0) is 32.4 Å². The summed E-state index contributed by atoms with van der Waals surface area (Å²) in [5.41, 5.74) is -4.48. The predicted octanol–water partition coefficient (Wildman–Crippen LogP) is 3.77. The van der Waals surface area contributed by atoms with Crippen LogP contribution in [0.4, 0.5) is 8.78 Å². The van der Waals surface area contributed by atoms with Crippen molar-refractivity contribution >= 4 is 44.5 Å². The lowest BCUT2D eigenvalue weighted by Crippen LogP contribution is -2.19. The Balaban J connectivity index is 2.37. The van der Waals surface area contributed by atoms with Gasteiger partial charge in [-0.15, -0.1) is 0 Å². The fourth-order valence-corrected chi connectivity index (χ4v) is 5.29. The second-order valence-electron chi connectivity index (χ2n) is 5.99. The summed E-state index contributed by atoms with van der Waals surface area (Å²) in [7, 11) is -8.43. The van der Waals surface area contributed by atoms with Crippen molar-refractivity contribution in [1.29, 1.82) is 0 Å². The number of rotatable bonds is 11. The average Bonchev–Trinajstić information content (AvgIpc) is 2.64. The van der Waals surface area contributed by atoms with Gasteiger partial charge in [0.1, 0.15) is 0 Å². The third kappa shape index (κ3) is 5.92. The van der Waals surface area contributed by atoms with E-state index in [1.807, 2.05) is 0 Å². The first-order valence-corrected chi connectivity index (χ1v) is 12.9. The summed E-state index contributed by atoms with van der Waals surface area (Å²) in [6.45, 7) is 2.38. The molecule has 1 heterocycles. The summed E-state index contributed by atoms with van der Waals surface area (Å²) in [5.74, 6) is -0.284. The standard InChI is InChI=1S/C16H21BrF2N3O6PS/c1-3-27-29(23,28-4-2)16(18,19)12-9-14-11(8-13(12)17)10-21-15(22-14)26-6-5-7-30(20,24)25/h8-10H,3-7H2,1-2H3,(H2,20,24,25). The number of ether oxygens (including phenoxy) is 1. The summed E-state index contributed by atoms with van der Waals surface area (Å²) in [5, 5.41) is 5.32. The van der Waals surface area contributed by atoms with Crippen LogP contribution < -0.4 is 9.88 Å². The molecule has 0 bridgehead atoms. The van der Waals surface area contributed by atoms with Gasteiger partial charge in [-0.25, -0.2) is 18.5 Å². The lowest BCUT2D eigenvalue weighted by Gasteiger charge is -2.26. The summed E-state index contributed by atoms with van der Waals surface area (Å²) in [6.07, 6.45) is 1.46. The van der Waals surface area contributed by atoms with Gasteiger partial charge in [0, 0.05) is 21.6 Å². The van der Waals surface area contributed by atoms with Crippen molar-refractivity contribution in [2.75, 3.05) is 25.6 Å². The highest BCUT2D eigenvalue weighted by Crippen LogP contribution is 2.67. The van der Waals surface area contributed by atoms with E-state index in [0.29, 0.717) is 5.39 Å². The number of nitrogens with two attached hydrogens (primary N) is 1. The van der Waals surface area contributed by atoms with Crippen molar-refractivity contribution in [2.24, 2.45) is 5.14 Å². The summed E-state index contributed by atoms with van der Waals surface area (Å²) in [6, 6.07) is 2.26. The number of halogens is 3. The molecule has 0 fully saturated rings.